The fraction of sp³-hybridized carbons (Fsp3) is 0.357. The Bertz CT molecular complexity index is 624. The fourth-order valence-electron chi connectivity index (χ4n) is 1.79. The van der Waals surface area contributed by atoms with Gasteiger partial charge in [-0.05, 0) is 25.3 Å². The number of thioether (sulfide) groups is 1. The number of likely N-dealkylation sites (N-methyl/N-ethyl adjacent to an activating group) is 1. The summed E-state index contributed by atoms with van der Waals surface area (Å²) in [7, 11) is 0. The maximum absolute atomic E-state index is 12.2. The highest BCUT2D eigenvalue weighted by Gasteiger charge is 2.14. The van der Waals surface area contributed by atoms with E-state index in [1.807, 2.05) is 30.2 Å². The van der Waals surface area contributed by atoms with Gasteiger partial charge in [0.2, 0.25) is 5.91 Å². The normalized spacial score (nSPS) is 10.7. The molecule has 2 rings (SSSR count). The molecule has 0 aliphatic heterocycles. The molecule has 2 heterocycles. The molecule has 4 nitrogen and oxygen atoms in total. The van der Waals surface area contributed by atoms with E-state index in [4.69, 9.17) is 0 Å². The molecule has 0 aliphatic carbocycles. The van der Waals surface area contributed by atoms with Crippen LogP contribution in [-0.2, 0) is 4.79 Å². The van der Waals surface area contributed by atoms with E-state index < -0.39 is 0 Å². The van der Waals surface area contributed by atoms with Crippen LogP contribution >= 0.6 is 23.1 Å². The number of carbonyl (C=O) groups is 1. The minimum absolute atomic E-state index is 0.115. The smallest absolute Gasteiger partial charge is 0.233 e. The number of aromatic nitrogens is 2. The van der Waals surface area contributed by atoms with Crippen LogP contribution in [0.3, 0.4) is 0 Å². The molecule has 106 valence electrons. The van der Waals surface area contributed by atoms with E-state index in [1.165, 1.54) is 11.8 Å². The van der Waals surface area contributed by atoms with E-state index in [2.05, 4.69) is 16.5 Å². The van der Waals surface area contributed by atoms with Gasteiger partial charge >= 0.3 is 0 Å². The van der Waals surface area contributed by atoms with Crippen molar-refractivity contribution in [1.82, 2.24) is 14.9 Å². The summed E-state index contributed by atoms with van der Waals surface area (Å²) in [5.74, 6) is 0.509. The van der Waals surface area contributed by atoms with Gasteiger partial charge in [-0.15, -0.1) is 11.3 Å². The van der Waals surface area contributed by atoms with Crippen molar-refractivity contribution >= 4 is 39.2 Å². The fourth-order valence-corrected chi connectivity index (χ4v) is 3.64. The molecule has 0 N–H and O–H groups in total. The highest BCUT2D eigenvalue weighted by molar-refractivity contribution is 8.00. The minimum atomic E-state index is 0.115. The summed E-state index contributed by atoms with van der Waals surface area (Å²) < 4.78 is 1.05. The Kier molecular flexibility index (Phi) is 5.14. The molecule has 2 aromatic rings. The Hall–Kier alpha value is -1.40. The Morgan fingerprint density at radius 1 is 1.50 bits per heavy atom. The number of nitrogens with zero attached hydrogens (tertiary/aromatic N) is 3. The van der Waals surface area contributed by atoms with Gasteiger partial charge in [0.05, 0.1) is 16.0 Å². The zero-order chi connectivity index (χ0) is 14.5. The van der Waals surface area contributed by atoms with Crippen LogP contribution < -0.4 is 0 Å². The first-order chi connectivity index (χ1) is 9.61. The Balaban J connectivity index is 2.02. The predicted molar refractivity (Wildman–Crippen MR) is 85.2 cm³/mol. The monoisotopic (exact) mass is 307 g/mol. The van der Waals surface area contributed by atoms with E-state index in [0.29, 0.717) is 18.8 Å². The van der Waals surface area contributed by atoms with Gasteiger partial charge in [0, 0.05) is 13.1 Å². The van der Waals surface area contributed by atoms with Gasteiger partial charge in [0.1, 0.15) is 11.4 Å². The molecule has 0 bridgehead atoms. The van der Waals surface area contributed by atoms with Gasteiger partial charge in [0.25, 0.3) is 0 Å². The van der Waals surface area contributed by atoms with Gasteiger partial charge in [-0.3, -0.25) is 4.79 Å². The highest BCUT2D eigenvalue weighted by Crippen LogP contribution is 2.28. The van der Waals surface area contributed by atoms with Crippen LogP contribution in [0.2, 0.25) is 0 Å². The van der Waals surface area contributed by atoms with Crippen LogP contribution in [0.25, 0.3) is 10.2 Å². The Labute approximate surface area is 126 Å². The van der Waals surface area contributed by atoms with Gasteiger partial charge in [-0.2, -0.15) is 0 Å². The third-order valence-corrected chi connectivity index (χ3v) is 4.75. The van der Waals surface area contributed by atoms with E-state index in [0.717, 1.165) is 20.8 Å². The molecule has 0 spiro atoms. The van der Waals surface area contributed by atoms with Crippen LogP contribution in [0.4, 0.5) is 0 Å². The lowest BCUT2D eigenvalue weighted by Gasteiger charge is -2.20. The molecule has 0 radical (unpaired) electrons. The standard InChI is InChI=1S/C14H17N3OS2/c1-4-17(7-10(2)3)12(18)8-20-14-13-11(5-6-19-13)15-9-16-14/h5-6,9H,2,4,7-8H2,1,3H3. The molecule has 0 unspecified atom stereocenters. The molecule has 1 amide bonds. The first-order valence-electron chi connectivity index (χ1n) is 6.35. The summed E-state index contributed by atoms with van der Waals surface area (Å²) in [5, 5.41) is 2.87. The van der Waals surface area contributed by atoms with Gasteiger partial charge < -0.3 is 4.90 Å². The van der Waals surface area contributed by atoms with Crippen LogP contribution in [0.15, 0.2) is 35.0 Å². The second-order valence-corrected chi connectivity index (χ2v) is 6.35. The summed E-state index contributed by atoms with van der Waals surface area (Å²) in [6, 6.07) is 1.97. The molecule has 2 aromatic heterocycles. The largest absolute Gasteiger partial charge is 0.338 e. The second-order valence-electron chi connectivity index (χ2n) is 4.47. The number of rotatable bonds is 6. The Morgan fingerprint density at radius 3 is 3.00 bits per heavy atom. The van der Waals surface area contributed by atoms with Crippen molar-refractivity contribution in [3.05, 3.63) is 29.9 Å². The zero-order valence-corrected chi connectivity index (χ0v) is 13.3. The molecule has 0 fully saturated rings. The van der Waals surface area contributed by atoms with E-state index in [1.54, 1.807) is 17.7 Å². The van der Waals surface area contributed by atoms with E-state index in [-0.39, 0.29) is 5.91 Å². The number of amides is 1. The Morgan fingerprint density at radius 2 is 2.30 bits per heavy atom. The van der Waals surface area contributed by atoms with E-state index in [9.17, 15) is 4.79 Å². The number of hydrogen-bond acceptors (Lipinski definition) is 5. The third-order valence-electron chi connectivity index (χ3n) is 2.74. The lowest BCUT2D eigenvalue weighted by Crippen LogP contribution is -2.33. The van der Waals surface area contributed by atoms with Gasteiger partial charge in [0.15, 0.2) is 0 Å². The zero-order valence-electron chi connectivity index (χ0n) is 11.6. The van der Waals surface area contributed by atoms with Crippen molar-refractivity contribution in [2.75, 3.05) is 18.8 Å². The average Bonchev–Trinajstić information content (AvgIpc) is 2.90. The quantitative estimate of drug-likeness (QED) is 0.467. The predicted octanol–water partition coefficient (Wildman–Crippen LogP) is 3.21. The highest BCUT2D eigenvalue weighted by atomic mass is 32.2. The van der Waals surface area contributed by atoms with Crippen LogP contribution in [-0.4, -0.2) is 39.6 Å². The average molecular weight is 307 g/mol. The number of carbonyl (C=O) groups excluding carboxylic acids is 1. The molecule has 0 aliphatic rings. The maximum atomic E-state index is 12.2. The number of fused-ring (bicyclic) bond motifs is 1. The first-order valence-corrected chi connectivity index (χ1v) is 8.21. The van der Waals surface area contributed by atoms with Crippen molar-refractivity contribution in [3.8, 4) is 0 Å². The third kappa shape index (κ3) is 3.58. The topological polar surface area (TPSA) is 46.1 Å². The molecule has 6 heteroatoms. The summed E-state index contributed by atoms with van der Waals surface area (Å²) in [5.41, 5.74) is 1.93. The van der Waals surface area contributed by atoms with Gasteiger partial charge in [-0.25, -0.2) is 9.97 Å². The van der Waals surface area contributed by atoms with Crippen LogP contribution in [0.1, 0.15) is 13.8 Å². The van der Waals surface area contributed by atoms with Gasteiger partial charge in [-0.1, -0.05) is 23.9 Å². The molecule has 0 saturated carbocycles. The number of hydrogen-bond donors (Lipinski definition) is 0. The lowest BCUT2D eigenvalue weighted by molar-refractivity contribution is -0.127. The number of thiophene rings is 1. The van der Waals surface area contributed by atoms with Crippen molar-refractivity contribution < 1.29 is 4.79 Å². The molecule has 0 saturated heterocycles. The van der Waals surface area contributed by atoms with Crippen molar-refractivity contribution in [2.45, 2.75) is 18.9 Å². The van der Waals surface area contributed by atoms with Crippen molar-refractivity contribution in [3.63, 3.8) is 0 Å². The summed E-state index contributed by atoms with van der Waals surface area (Å²) in [4.78, 5) is 22.5. The van der Waals surface area contributed by atoms with Crippen LogP contribution in [0.5, 0.6) is 0 Å². The molecular formula is C14H17N3OS2. The molecule has 0 aromatic carbocycles. The molecular weight excluding hydrogens is 290 g/mol. The lowest BCUT2D eigenvalue weighted by atomic mass is 10.3. The first kappa shape index (κ1) is 15.0. The van der Waals surface area contributed by atoms with Crippen molar-refractivity contribution in [1.29, 1.82) is 0 Å². The minimum Gasteiger partial charge on any atom is -0.338 e. The maximum Gasteiger partial charge on any atom is 0.233 e. The SMILES string of the molecule is C=C(C)CN(CC)C(=O)CSc1ncnc2ccsc12. The molecule has 0 atom stereocenters. The summed E-state index contributed by atoms with van der Waals surface area (Å²) in [6.07, 6.45) is 1.55. The van der Waals surface area contributed by atoms with Crippen molar-refractivity contribution in [2.24, 2.45) is 0 Å². The summed E-state index contributed by atoms with van der Waals surface area (Å²) in [6.45, 7) is 9.09. The summed E-state index contributed by atoms with van der Waals surface area (Å²) >= 11 is 3.08. The second kappa shape index (κ2) is 6.85. The van der Waals surface area contributed by atoms with E-state index >= 15 is 0 Å². The molecule has 20 heavy (non-hydrogen) atoms. The van der Waals surface area contributed by atoms with Crippen LogP contribution in [0, 0.1) is 0 Å².